The van der Waals surface area contributed by atoms with Gasteiger partial charge in [-0.3, -0.25) is 0 Å². The largest absolute Gasteiger partial charge is 1.00 e. The molecule has 0 aromatic carbocycles. The third-order valence-electron chi connectivity index (χ3n) is 0.608. The van der Waals surface area contributed by atoms with Crippen LogP contribution >= 0.6 is 0 Å². The molecule has 0 spiro atoms. The molecule has 0 rings (SSSR count). The Labute approximate surface area is 82.4 Å². The third-order valence-corrected chi connectivity index (χ3v) is 0.608. The van der Waals surface area contributed by atoms with Gasteiger partial charge in [-0.2, -0.15) is 0 Å². The molecule has 3 nitrogen and oxygen atoms in total. The van der Waals surface area contributed by atoms with Crippen molar-refractivity contribution in [3.05, 3.63) is 11.8 Å². The van der Waals surface area contributed by atoms with Crippen LogP contribution < -0.4 is 34.7 Å². The summed E-state index contributed by atoms with van der Waals surface area (Å²) in [6.45, 7) is 3.30. The van der Waals surface area contributed by atoms with Gasteiger partial charge in [-0.25, -0.2) is 4.79 Å². The number of hydrogen-bond acceptors (Lipinski definition) is 3. The molecular formula is C6H9NaO3. The number of esters is 1. The Bertz CT molecular complexity index is 127. The van der Waals surface area contributed by atoms with Crippen LogP contribution in [0.25, 0.3) is 0 Å². The predicted molar refractivity (Wildman–Crippen MR) is 30.4 cm³/mol. The summed E-state index contributed by atoms with van der Waals surface area (Å²) in [6, 6.07) is 0. The average molecular weight is 152 g/mol. The van der Waals surface area contributed by atoms with Crippen LogP contribution in [0.4, 0.5) is 0 Å². The van der Waals surface area contributed by atoms with E-state index in [-0.39, 0.29) is 35.3 Å². The zero-order valence-corrected chi connectivity index (χ0v) is 8.51. The fourth-order valence-corrected chi connectivity index (χ4v) is 0.350. The van der Waals surface area contributed by atoms with Gasteiger partial charge in [0.05, 0.1) is 6.61 Å². The van der Waals surface area contributed by atoms with E-state index in [9.17, 15) is 9.90 Å². The summed E-state index contributed by atoms with van der Waals surface area (Å²) in [7, 11) is 0. The molecule has 0 saturated heterocycles. The van der Waals surface area contributed by atoms with Gasteiger partial charge in [0.1, 0.15) is 0 Å². The van der Waals surface area contributed by atoms with Gasteiger partial charge in [-0.05, 0) is 6.92 Å². The van der Waals surface area contributed by atoms with Crippen molar-refractivity contribution in [3.63, 3.8) is 0 Å². The normalized spacial score (nSPS) is 10.0. The summed E-state index contributed by atoms with van der Waals surface area (Å²) in [5.41, 5.74) is 0. The van der Waals surface area contributed by atoms with E-state index in [0.717, 1.165) is 6.08 Å². The fraction of sp³-hybridized carbons (Fsp3) is 0.500. The number of carbonyl (C=O) groups is 1. The van der Waals surface area contributed by atoms with Crippen LogP contribution in [-0.2, 0) is 9.53 Å². The molecule has 0 fully saturated rings. The van der Waals surface area contributed by atoms with E-state index < -0.39 is 5.97 Å². The molecule has 0 aliphatic carbocycles. The quantitative estimate of drug-likeness (QED) is 0.181. The molecule has 0 saturated carbocycles. The molecule has 0 unspecified atom stereocenters. The molecule has 0 aliphatic heterocycles. The maximum atomic E-state index is 10.4. The maximum absolute atomic E-state index is 10.4. The van der Waals surface area contributed by atoms with E-state index in [1.54, 1.807) is 6.92 Å². The molecule has 0 atom stereocenters. The minimum Gasteiger partial charge on any atom is -0.875 e. The van der Waals surface area contributed by atoms with Gasteiger partial charge >= 0.3 is 35.5 Å². The van der Waals surface area contributed by atoms with Crippen molar-refractivity contribution in [1.82, 2.24) is 0 Å². The molecule has 0 radical (unpaired) electrons. The number of ether oxygens (including phenoxy) is 1. The van der Waals surface area contributed by atoms with E-state index in [1.165, 1.54) is 6.92 Å². The van der Waals surface area contributed by atoms with Gasteiger partial charge in [0.25, 0.3) is 0 Å². The topological polar surface area (TPSA) is 49.4 Å². The van der Waals surface area contributed by atoms with Crippen molar-refractivity contribution < 1.29 is 44.2 Å². The van der Waals surface area contributed by atoms with Crippen LogP contribution in [0.1, 0.15) is 13.8 Å². The monoisotopic (exact) mass is 152 g/mol. The molecule has 4 heteroatoms. The van der Waals surface area contributed by atoms with Crippen LogP contribution in [0.5, 0.6) is 0 Å². The summed E-state index contributed by atoms with van der Waals surface area (Å²) in [6.07, 6.45) is 0.920. The van der Waals surface area contributed by atoms with Crippen LogP contribution in [-0.4, -0.2) is 12.6 Å². The molecule has 0 heterocycles. The second-order valence-corrected chi connectivity index (χ2v) is 1.51. The number of carbonyl (C=O) groups excluding carboxylic acids is 1. The summed E-state index contributed by atoms with van der Waals surface area (Å²) in [5.74, 6) is -0.849. The van der Waals surface area contributed by atoms with Gasteiger partial charge in [-0.15, -0.1) is 5.76 Å². The first kappa shape index (κ1) is 12.7. The minimum atomic E-state index is -0.565. The summed E-state index contributed by atoms with van der Waals surface area (Å²) >= 11 is 0. The van der Waals surface area contributed by atoms with Crippen LogP contribution in [0.15, 0.2) is 11.8 Å². The van der Waals surface area contributed by atoms with Gasteiger partial charge < -0.3 is 9.84 Å². The Morgan fingerprint density at radius 2 is 2.20 bits per heavy atom. The van der Waals surface area contributed by atoms with Crippen LogP contribution in [0, 0.1) is 0 Å². The smallest absolute Gasteiger partial charge is 0.875 e. The first-order valence-corrected chi connectivity index (χ1v) is 2.69. The Kier molecular flexibility index (Phi) is 9.02. The van der Waals surface area contributed by atoms with Gasteiger partial charge in [0.15, 0.2) is 0 Å². The zero-order valence-electron chi connectivity index (χ0n) is 6.51. The molecule has 0 aromatic rings. The Morgan fingerprint density at radius 3 is 2.50 bits per heavy atom. The van der Waals surface area contributed by atoms with Crippen LogP contribution in [0.3, 0.4) is 0 Å². The molecule has 0 N–H and O–H groups in total. The average Bonchev–Trinajstić information content (AvgIpc) is 1.63. The number of hydrogen-bond donors (Lipinski definition) is 0. The van der Waals surface area contributed by atoms with Gasteiger partial charge in [-0.1, -0.05) is 6.92 Å². The van der Waals surface area contributed by atoms with Crippen LogP contribution in [0.2, 0.25) is 0 Å². The number of allylic oxidation sites excluding steroid dienone is 1. The molecule has 0 aliphatic rings. The Balaban J connectivity index is 0. The maximum Gasteiger partial charge on any atom is 1.00 e. The molecule has 0 bridgehead atoms. The summed E-state index contributed by atoms with van der Waals surface area (Å²) < 4.78 is 4.44. The van der Waals surface area contributed by atoms with E-state index in [4.69, 9.17) is 0 Å². The predicted octanol–water partition coefficient (Wildman–Crippen LogP) is -3.18. The molecule has 52 valence electrons. The summed E-state index contributed by atoms with van der Waals surface area (Å²) in [5, 5.41) is 10.2. The number of rotatable bonds is 2. The zero-order chi connectivity index (χ0) is 7.28. The Morgan fingerprint density at radius 1 is 1.70 bits per heavy atom. The van der Waals surface area contributed by atoms with E-state index in [0.29, 0.717) is 6.61 Å². The standard InChI is InChI=1S/C6H10O3.Na/c1-3-9-6(8)4-5(2)7;/h4,7H,3H2,1-2H3;/q;+1/p-1/b5-4-;. The van der Waals surface area contributed by atoms with Gasteiger partial charge in [0, 0.05) is 6.08 Å². The molecule has 10 heavy (non-hydrogen) atoms. The Hall–Kier alpha value is 0.0100. The van der Waals surface area contributed by atoms with Crippen molar-refractivity contribution in [3.8, 4) is 0 Å². The van der Waals surface area contributed by atoms with E-state index in [1.807, 2.05) is 0 Å². The minimum absolute atomic E-state index is 0. The van der Waals surface area contributed by atoms with E-state index in [2.05, 4.69) is 4.74 Å². The van der Waals surface area contributed by atoms with Crippen molar-refractivity contribution in [2.75, 3.05) is 6.61 Å². The van der Waals surface area contributed by atoms with Crippen molar-refractivity contribution >= 4 is 5.97 Å². The SMILES string of the molecule is CCOC(=O)/C=C(/C)[O-].[Na+]. The second kappa shape index (κ2) is 7.12. The summed E-state index contributed by atoms with van der Waals surface area (Å²) in [4.78, 5) is 10.4. The van der Waals surface area contributed by atoms with E-state index >= 15 is 0 Å². The van der Waals surface area contributed by atoms with Crippen molar-refractivity contribution in [2.45, 2.75) is 13.8 Å². The third kappa shape index (κ3) is 8.01. The van der Waals surface area contributed by atoms with Gasteiger partial charge in [0.2, 0.25) is 0 Å². The molecular weight excluding hydrogens is 143 g/mol. The first-order chi connectivity index (χ1) is 4.16. The molecule has 0 amide bonds. The van der Waals surface area contributed by atoms with Crippen molar-refractivity contribution in [2.24, 2.45) is 0 Å². The fourth-order valence-electron chi connectivity index (χ4n) is 0.350. The first-order valence-electron chi connectivity index (χ1n) is 2.69. The van der Waals surface area contributed by atoms with Crippen molar-refractivity contribution in [1.29, 1.82) is 0 Å². The second-order valence-electron chi connectivity index (χ2n) is 1.51. The molecule has 0 aromatic heterocycles.